The van der Waals surface area contributed by atoms with Crippen LogP contribution in [0.25, 0.3) is 0 Å². The minimum atomic E-state index is -0.569. The highest BCUT2D eigenvalue weighted by Crippen LogP contribution is 2.38. The highest BCUT2D eigenvalue weighted by atomic mass is 16.6. The average Bonchev–Trinajstić information content (AvgIpc) is 2.46. The normalized spacial score (nSPS) is 17.5. The molecule has 140 valence electrons. The molecule has 1 aliphatic rings. The van der Waals surface area contributed by atoms with Gasteiger partial charge in [-0.05, 0) is 74.6 Å². The van der Waals surface area contributed by atoms with Gasteiger partial charge in [0.05, 0.1) is 12.6 Å². The van der Waals surface area contributed by atoms with E-state index in [0.29, 0.717) is 6.42 Å². The van der Waals surface area contributed by atoms with Gasteiger partial charge in [-0.15, -0.1) is 0 Å². The molecular formula is C20H32N2O3. The molecule has 0 spiro atoms. The Morgan fingerprint density at radius 1 is 1.40 bits per heavy atom. The lowest BCUT2D eigenvalue weighted by Crippen LogP contribution is -2.42. The Labute approximate surface area is 150 Å². The third-order valence-electron chi connectivity index (χ3n) is 4.75. The number of nitrogens with two attached hydrogens (primary N) is 1. The molecule has 5 nitrogen and oxygen atoms in total. The fourth-order valence-electron chi connectivity index (χ4n) is 3.48. The van der Waals surface area contributed by atoms with Crippen LogP contribution in [0.4, 0.5) is 10.5 Å². The molecule has 1 aromatic rings. The van der Waals surface area contributed by atoms with Crippen LogP contribution in [0, 0.1) is 0 Å². The molecule has 0 saturated carbocycles. The second-order valence-corrected chi connectivity index (χ2v) is 8.68. The number of rotatable bonds is 4. The number of benzene rings is 1. The number of aliphatic hydroxyl groups is 1. The van der Waals surface area contributed by atoms with Crippen LogP contribution in [-0.2, 0) is 23.0 Å². The fraction of sp³-hybridized carbons (Fsp3) is 0.650. The highest BCUT2D eigenvalue weighted by Gasteiger charge is 2.28. The van der Waals surface area contributed by atoms with Crippen molar-refractivity contribution in [3.63, 3.8) is 0 Å². The molecule has 0 aliphatic heterocycles. The van der Waals surface area contributed by atoms with Gasteiger partial charge in [-0.2, -0.15) is 0 Å². The first-order valence-electron chi connectivity index (χ1n) is 9.04. The third kappa shape index (κ3) is 5.11. The molecule has 0 radical (unpaired) electrons. The lowest BCUT2D eigenvalue weighted by molar-refractivity contribution is 0.0483. The van der Waals surface area contributed by atoms with Gasteiger partial charge in [0.25, 0.3) is 0 Å². The molecule has 0 aromatic heterocycles. The van der Waals surface area contributed by atoms with E-state index in [0.717, 1.165) is 24.1 Å². The molecule has 1 aromatic carbocycles. The summed E-state index contributed by atoms with van der Waals surface area (Å²) in [6.07, 6.45) is 3.34. The number of nitrogen functional groups attached to an aromatic ring is 1. The van der Waals surface area contributed by atoms with Crippen LogP contribution in [-0.4, -0.2) is 29.4 Å². The summed E-state index contributed by atoms with van der Waals surface area (Å²) in [5.74, 6) is 0. The molecule has 1 aliphatic carbocycles. The van der Waals surface area contributed by atoms with E-state index in [-0.39, 0.29) is 12.0 Å². The zero-order valence-corrected chi connectivity index (χ0v) is 16.1. The first kappa shape index (κ1) is 19.6. The summed E-state index contributed by atoms with van der Waals surface area (Å²) in [5, 5.41) is 12.4. The van der Waals surface area contributed by atoms with Gasteiger partial charge in [-0.25, -0.2) is 4.79 Å². The van der Waals surface area contributed by atoms with E-state index in [1.54, 1.807) is 0 Å². The van der Waals surface area contributed by atoms with E-state index in [9.17, 15) is 9.90 Å². The predicted octanol–water partition coefficient (Wildman–Crippen LogP) is 3.31. The monoisotopic (exact) mass is 348 g/mol. The predicted molar refractivity (Wildman–Crippen MR) is 101 cm³/mol. The minimum absolute atomic E-state index is 0.144. The number of hydrogen-bond acceptors (Lipinski definition) is 4. The fourth-order valence-corrected chi connectivity index (χ4v) is 3.48. The number of carbonyl (C=O) groups excluding carboxylic acids is 1. The second-order valence-electron chi connectivity index (χ2n) is 8.68. The molecular weight excluding hydrogens is 316 g/mol. The quantitative estimate of drug-likeness (QED) is 0.729. The maximum absolute atomic E-state index is 11.9. The molecule has 1 amide bonds. The Hall–Kier alpha value is -1.75. The van der Waals surface area contributed by atoms with Gasteiger partial charge in [-0.3, -0.25) is 0 Å². The van der Waals surface area contributed by atoms with Crippen LogP contribution in [0.3, 0.4) is 0 Å². The van der Waals surface area contributed by atoms with Gasteiger partial charge >= 0.3 is 6.09 Å². The van der Waals surface area contributed by atoms with Crippen molar-refractivity contribution in [2.45, 2.75) is 77.4 Å². The van der Waals surface area contributed by atoms with Crippen molar-refractivity contribution in [1.29, 1.82) is 0 Å². The van der Waals surface area contributed by atoms with Crippen molar-refractivity contribution < 1.29 is 14.6 Å². The van der Waals surface area contributed by atoms with Crippen molar-refractivity contribution in [3.8, 4) is 0 Å². The lowest BCUT2D eigenvalue weighted by Gasteiger charge is -2.33. The highest BCUT2D eigenvalue weighted by molar-refractivity contribution is 5.68. The summed E-state index contributed by atoms with van der Waals surface area (Å²) in [4.78, 5) is 11.9. The number of anilines is 1. The van der Waals surface area contributed by atoms with E-state index in [2.05, 4.69) is 31.3 Å². The SMILES string of the molecule is CC(C)(C)OC(=O)NC(CO)Cc1cc2c(cc1N)C(C)(C)CCC2. The van der Waals surface area contributed by atoms with Crippen molar-refractivity contribution in [2.24, 2.45) is 0 Å². The van der Waals surface area contributed by atoms with Crippen LogP contribution in [0.15, 0.2) is 12.1 Å². The number of nitrogens with one attached hydrogen (secondary N) is 1. The standard InChI is InChI=1S/C20H32N2O3/c1-19(2,3)25-18(24)22-15(12-23)10-14-9-13-7-6-8-20(4,5)16(13)11-17(14)21/h9,11,15,23H,6-8,10,12,21H2,1-5H3,(H,22,24). The first-order chi connectivity index (χ1) is 11.5. The van der Waals surface area contributed by atoms with Crippen molar-refractivity contribution in [2.75, 3.05) is 12.3 Å². The first-order valence-corrected chi connectivity index (χ1v) is 9.04. The molecule has 25 heavy (non-hydrogen) atoms. The Balaban J connectivity index is 2.14. The number of amides is 1. The van der Waals surface area contributed by atoms with Crippen molar-refractivity contribution in [3.05, 3.63) is 28.8 Å². The van der Waals surface area contributed by atoms with Crippen molar-refractivity contribution >= 4 is 11.8 Å². The molecule has 1 atom stereocenters. The molecule has 0 bridgehead atoms. The van der Waals surface area contributed by atoms with E-state index in [1.165, 1.54) is 17.5 Å². The molecule has 0 saturated heterocycles. The van der Waals surface area contributed by atoms with Gasteiger partial charge in [-0.1, -0.05) is 19.9 Å². The van der Waals surface area contributed by atoms with E-state index in [4.69, 9.17) is 10.5 Å². The van der Waals surface area contributed by atoms with E-state index < -0.39 is 17.7 Å². The van der Waals surface area contributed by atoms with E-state index >= 15 is 0 Å². The maximum Gasteiger partial charge on any atom is 0.407 e. The van der Waals surface area contributed by atoms with Gasteiger partial charge in [0, 0.05) is 5.69 Å². The largest absolute Gasteiger partial charge is 0.444 e. The molecule has 0 heterocycles. The Bertz CT molecular complexity index is 633. The smallest absolute Gasteiger partial charge is 0.407 e. The molecule has 1 unspecified atom stereocenters. The van der Waals surface area contributed by atoms with E-state index in [1.807, 2.05) is 20.8 Å². The molecule has 0 fully saturated rings. The Morgan fingerprint density at radius 3 is 2.68 bits per heavy atom. The minimum Gasteiger partial charge on any atom is -0.444 e. The number of aryl methyl sites for hydroxylation is 1. The summed E-state index contributed by atoms with van der Waals surface area (Å²) in [7, 11) is 0. The van der Waals surface area contributed by atoms with Gasteiger partial charge < -0.3 is 20.9 Å². The summed E-state index contributed by atoms with van der Waals surface area (Å²) < 4.78 is 5.26. The molecule has 2 rings (SSSR count). The number of alkyl carbamates (subject to hydrolysis) is 1. The van der Waals surface area contributed by atoms with Gasteiger partial charge in [0.1, 0.15) is 5.60 Å². The number of ether oxygens (including phenoxy) is 1. The molecule has 5 heteroatoms. The average molecular weight is 348 g/mol. The Morgan fingerprint density at radius 2 is 2.08 bits per heavy atom. The van der Waals surface area contributed by atoms with Crippen LogP contribution in [0.2, 0.25) is 0 Å². The third-order valence-corrected chi connectivity index (χ3v) is 4.75. The number of carbonyl (C=O) groups is 1. The topological polar surface area (TPSA) is 84.6 Å². The molecule has 4 N–H and O–H groups in total. The number of fused-ring (bicyclic) bond motifs is 1. The van der Waals surface area contributed by atoms with Crippen LogP contribution < -0.4 is 11.1 Å². The second kappa shape index (κ2) is 7.24. The van der Waals surface area contributed by atoms with Crippen LogP contribution >= 0.6 is 0 Å². The Kier molecular flexibility index (Phi) is 5.67. The summed E-state index contributed by atoms with van der Waals surface area (Å²) in [6.45, 7) is 9.77. The number of aliphatic hydroxyl groups excluding tert-OH is 1. The van der Waals surface area contributed by atoms with Gasteiger partial charge in [0.2, 0.25) is 0 Å². The zero-order chi connectivity index (χ0) is 18.8. The van der Waals surface area contributed by atoms with Crippen LogP contribution in [0.1, 0.15) is 64.2 Å². The summed E-state index contributed by atoms with van der Waals surface area (Å²) in [6, 6.07) is 3.79. The van der Waals surface area contributed by atoms with Gasteiger partial charge in [0.15, 0.2) is 0 Å². The lowest BCUT2D eigenvalue weighted by atomic mass is 9.72. The summed E-state index contributed by atoms with van der Waals surface area (Å²) in [5.41, 5.74) is 10.2. The maximum atomic E-state index is 11.9. The number of hydrogen-bond donors (Lipinski definition) is 3. The summed E-state index contributed by atoms with van der Waals surface area (Å²) >= 11 is 0. The van der Waals surface area contributed by atoms with Crippen molar-refractivity contribution in [1.82, 2.24) is 5.32 Å². The van der Waals surface area contributed by atoms with Crippen LogP contribution in [0.5, 0.6) is 0 Å². The zero-order valence-electron chi connectivity index (χ0n) is 16.1.